The van der Waals surface area contributed by atoms with Gasteiger partial charge in [0.05, 0.1) is 12.2 Å². The molecule has 18 heavy (non-hydrogen) atoms. The van der Waals surface area contributed by atoms with Gasteiger partial charge in [0.1, 0.15) is 0 Å². The van der Waals surface area contributed by atoms with Gasteiger partial charge in [-0.25, -0.2) is 0 Å². The molecule has 0 saturated heterocycles. The van der Waals surface area contributed by atoms with Crippen molar-refractivity contribution in [3.63, 3.8) is 0 Å². The fraction of sp³-hybridized carbons (Fsp3) is 1.00. The second kappa shape index (κ2) is 10.6. The summed E-state index contributed by atoms with van der Waals surface area (Å²) in [5.74, 6) is 1.20. The van der Waals surface area contributed by atoms with Crippen molar-refractivity contribution in [1.82, 2.24) is 0 Å². The molecule has 2 atom stereocenters. The SMILES string of the molecule is CC(C)CC(C)OP(=S)(S)OC(C)CC(C)C.[Na]. The quantitative estimate of drug-likeness (QED) is 0.398. The molecular formula is C12H27NaO2PS2. The first kappa shape index (κ1) is 22.2. The largest absolute Gasteiger partial charge is 0.319 e. The Kier molecular flexibility index (Phi) is 13.1. The predicted octanol–water partition coefficient (Wildman–Crippen LogP) is 4.66. The Morgan fingerprint density at radius 2 is 1.17 bits per heavy atom. The average Bonchev–Trinajstić information content (AvgIpc) is 1.95. The summed E-state index contributed by atoms with van der Waals surface area (Å²) >= 11 is 9.72. The third-order valence-electron chi connectivity index (χ3n) is 2.23. The molecule has 0 aromatic rings. The van der Waals surface area contributed by atoms with Gasteiger partial charge in [0.15, 0.2) is 0 Å². The Morgan fingerprint density at radius 1 is 0.889 bits per heavy atom. The number of rotatable bonds is 8. The summed E-state index contributed by atoms with van der Waals surface area (Å²) in [6.45, 7) is 12.8. The molecule has 0 aromatic heterocycles. The fourth-order valence-electron chi connectivity index (χ4n) is 1.89. The second-order valence-corrected chi connectivity index (χ2v) is 10.8. The van der Waals surface area contributed by atoms with Crippen LogP contribution in [-0.4, -0.2) is 41.8 Å². The zero-order valence-electron chi connectivity index (χ0n) is 12.8. The van der Waals surface area contributed by atoms with Crippen LogP contribution in [-0.2, 0) is 20.9 Å². The second-order valence-electron chi connectivity index (χ2n) is 5.56. The normalized spacial score (nSPS) is 18.3. The molecule has 0 aromatic carbocycles. The van der Waals surface area contributed by atoms with Crippen molar-refractivity contribution in [2.24, 2.45) is 11.8 Å². The van der Waals surface area contributed by atoms with Crippen LogP contribution < -0.4 is 0 Å². The summed E-state index contributed by atoms with van der Waals surface area (Å²) in [7, 11) is 0. The molecule has 0 bridgehead atoms. The molecular weight excluding hydrogens is 294 g/mol. The van der Waals surface area contributed by atoms with Gasteiger partial charge < -0.3 is 9.05 Å². The van der Waals surface area contributed by atoms with Gasteiger partial charge >= 0.3 is 0 Å². The molecule has 0 fully saturated rings. The maximum Gasteiger partial charge on any atom is 0.244 e. The maximum atomic E-state index is 5.77. The van der Waals surface area contributed by atoms with Gasteiger partial charge in [0, 0.05) is 29.6 Å². The number of hydrogen-bond acceptors (Lipinski definition) is 3. The van der Waals surface area contributed by atoms with Gasteiger partial charge in [-0.15, -0.1) is 0 Å². The van der Waals surface area contributed by atoms with E-state index in [9.17, 15) is 0 Å². The molecule has 2 nitrogen and oxygen atoms in total. The molecule has 0 amide bonds. The van der Waals surface area contributed by atoms with Gasteiger partial charge in [0.25, 0.3) is 0 Å². The van der Waals surface area contributed by atoms with E-state index in [1.807, 2.05) is 13.8 Å². The van der Waals surface area contributed by atoms with Crippen LogP contribution in [0.4, 0.5) is 0 Å². The smallest absolute Gasteiger partial charge is 0.244 e. The van der Waals surface area contributed by atoms with Gasteiger partial charge in [-0.1, -0.05) is 39.9 Å². The van der Waals surface area contributed by atoms with Crippen molar-refractivity contribution in [2.45, 2.75) is 66.6 Å². The summed E-state index contributed by atoms with van der Waals surface area (Å²) in [5.41, 5.74) is -2.39. The monoisotopic (exact) mass is 321 g/mol. The van der Waals surface area contributed by atoms with Crippen molar-refractivity contribution in [1.29, 1.82) is 0 Å². The van der Waals surface area contributed by atoms with Crippen LogP contribution in [0.5, 0.6) is 0 Å². The summed E-state index contributed by atoms with van der Waals surface area (Å²) < 4.78 is 11.5. The number of hydrogen-bond donors (Lipinski definition) is 1. The van der Waals surface area contributed by atoms with Crippen LogP contribution in [0.25, 0.3) is 0 Å². The van der Waals surface area contributed by atoms with E-state index in [2.05, 4.69) is 39.9 Å². The van der Waals surface area contributed by atoms with Crippen LogP contribution in [0.2, 0.25) is 0 Å². The summed E-state index contributed by atoms with van der Waals surface area (Å²) in [5, 5.41) is 0. The van der Waals surface area contributed by atoms with Crippen molar-refractivity contribution < 1.29 is 9.05 Å². The maximum absolute atomic E-state index is 5.77. The van der Waals surface area contributed by atoms with Gasteiger partial charge in [-0.3, -0.25) is 0 Å². The van der Waals surface area contributed by atoms with Crippen LogP contribution in [0.3, 0.4) is 0 Å². The van der Waals surface area contributed by atoms with Gasteiger partial charge in [-0.05, 0) is 50.3 Å². The molecule has 0 rings (SSSR count). The van der Waals surface area contributed by atoms with Crippen molar-refractivity contribution in [3.8, 4) is 0 Å². The zero-order chi connectivity index (χ0) is 13.6. The van der Waals surface area contributed by atoms with E-state index in [0.717, 1.165) is 12.8 Å². The first-order valence-corrected chi connectivity index (χ1v) is 10.1. The van der Waals surface area contributed by atoms with Crippen LogP contribution in [0.1, 0.15) is 54.4 Å². The van der Waals surface area contributed by atoms with E-state index in [0.29, 0.717) is 11.8 Å². The molecule has 105 valence electrons. The minimum absolute atomic E-state index is 0. The Hall–Kier alpha value is 1.92. The van der Waals surface area contributed by atoms with Crippen molar-refractivity contribution >= 4 is 59.3 Å². The Balaban J connectivity index is 0. The Morgan fingerprint density at radius 3 is 1.39 bits per heavy atom. The molecule has 2 unspecified atom stereocenters. The minimum Gasteiger partial charge on any atom is -0.319 e. The third-order valence-corrected chi connectivity index (χ3v) is 4.57. The zero-order valence-corrected chi connectivity index (χ0v) is 17.4. The Labute approximate surface area is 146 Å². The van der Waals surface area contributed by atoms with E-state index in [1.54, 1.807) is 0 Å². The van der Waals surface area contributed by atoms with Gasteiger partial charge in [0.2, 0.25) is 5.69 Å². The number of thiol groups is 1. The molecule has 0 saturated carbocycles. The van der Waals surface area contributed by atoms with E-state index in [-0.39, 0.29) is 41.8 Å². The van der Waals surface area contributed by atoms with Gasteiger partial charge in [-0.2, -0.15) is 0 Å². The molecule has 0 N–H and O–H groups in total. The molecule has 0 heterocycles. The molecule has 0 spiro atoms. The summed E-state index contributed by atoms with van der Waals surface area (Å²) in [6, 6.07) is 0. The standard InChI is InChI=1S/C12H27O2PS2.Na/c1-9(2)7-11(5)13-15(16,17)14-12(6)8-10(3)4;/h9-12H,7-8H2,1-6H3,(H,16,17);. The average molecular weight is 321 g/mol. The predicted molar refractivity (Wildman–Crippen MR) is 89.0 cm³/mol. The molecule has 1 radical (unpaired) electrons. The fourth-order valence-corrected chi connectivity index (χ4v) is 4.87. The summed E-state index contributed by atoms with van der Waals surface area (Å²) in [4.78, 5) is 0. The summed E-state index contributed by atoms with van der Waals surface area (Å²) in [6.07, 6.45) is 2.20. The van der Waals surface area contributed by atoms with Crippen molar-refractivity contribution in [2.75, 3.05) is 0 Å². The van der Waals surface area contributed by atoms with Crippen LogP contribution >= 0.6 is 17.9 Å². The van der Waals surface area contributed by atoms with Crippen molar-refractivity contribution in [3.05, 3.63) is 0 Å². The Bertz CT molecular complexity index is 240. The van der Waals surface area contributed by atoms with E-state index in [1.165, 1.54) is 0 Å². The molecule has 0 aliphatic heterocycles. The topological polar surface area (TPSA) is 18.5 Å². The van der Waals surface area contributed by atoms with Crippen LogP contribution in [0.15, 0.2) is 0 Å². The van der Waals surface area contributed by atoms with E-state index >= 15 is 0 Å². The first-order valence-electron chi connectivity index (χ1n) is 6.32. The van der Waals surface area contributed by atoms with Crippen LogP contribution in [0, 0.1) is 11.8 Å². The van der Waals surface area contributed by atoms with E-state index < -0.39 is 5.69 Å². The molecule has 0 aliphatic rings. The first-order chi connectivity index (χ1) is 7.62. The third kappa shape index (κ3) is 12.9. The molecule has 0 aliphatic carbocycles. The molecule has 6 heteroatoms. The minimum atomic E-state index is -2.39. The van der Waals surface area contributed by atoms with E-state index in [4.69, 9.17) is 20.9 Å².